The van der Waals surface area contributed by atoms with E-state index < -0.39 is 19.4 Å². The van der Waals surface area contributed by atoms with Gasteiger partial charge in [-0.2, -0.15) is 9.55 Å². The summed E-state index contributed by atoms with van der Waals surface area (Å²) in [6.45, 7) is 1.67. The molecule has 0 spiro atoms. The summed E-state index contributed by atoms with van der Waals surface area (Å²) in [5.41, 5.74) is 4.24. The Morgan fingerprint density at radius 3 is 2.46 bits per heavy atom. The van der Waals surface area contributed by atoms with Crippen molar-refractivity contribution in [2.75, 3.05) is 20.3 Å². The van der Waals surface area contributed by atoms with E-state index in [1.165, 1.54) is 23.3 Å². The lowest BCUT2D eigenvalue weighted by molar-refractivity contribution is -0.144. The maximum Gasteiger partial charge on any atom is 0.364 e. The Kier molecular flexibility index (Phi) is 9.73. The van der Waals surface area contributed by atoms with Crippen molar-refractivity contribution >= 4 is 76.0 Å². The van der Waals surface area contributed by atoms with Gasteiger partial charge in [-0.3, -0.25) is 19.1 Å². The van der Waals surface area contributed by atoms with E-state index in [0.717, 1.165) is 37.3 Å². The van der Waals surface area contributed by atoms with Crippen molar-refractivity contribution in [3.8, 4) is 5.75 Å². The number of hydrogen-bond donors (Lipinski definition) is 1. The van der Waals surface area contributed by atoms with E-state index in [4.69, 9.17) is 14.4 Å². The number of carbonyl (C=O) groups is 2. The van der Waals surface area contributed by atoms with Gasteiger partial charge in [0.25, 0.3) is 5.91 Å². The number of hydrogen-bond acceptors (Lipinski definition) is 8. The van der Waals surface area contributed by atoms with Crippen LogP contribution in [0, 0.1) is 5.92 Å². The topological polar surface area (TPSA) is 117 Å². The molecule has 3 heterocycles. The highest BCUT2D eigenvalue weighted by atomic mass is 32.2. The Hall–Kier alpha value is -5.64. The van der Waals surface area contributed by atoms with E-state index in [2.05, 4.69) is 14.9 Å². The van der Waals surface area contributed by atoms with Crippen molar-refractivity contribution in [2.24, 2.45) is 13.0 Å². The standard InChI is InChI=1S/C40H36N5O5PS/c1-26(40(47)49-4)25-51(48,50-36-17-11-16-34-38(36)30-13-5-7-15-33(30)44(34)3)45-35-24-28(52-37-18-8-6-14-31(37)39(46)41-2)20-21-29(35)32(43-45)22-19-27-12-9-10-23-42-27/h5-24,26H,25H2,1-4H3,(H,41,46)/b22-19+/t26-,51?/m1/s1. The van der Waals surface area contributed by atoms with Crippen LogP contribution in [-0.4, -0.2) is 51.3 Å². The Labute approximate surface area is 305 Å². The van der Waals surface area contributed by atoms with Gasteiger partial charge in [0.15, 0.2) is 0 Å². The third-order valence-corrected chi connectivity index (χ3v) is 12.3. The molecular formula is C40H36N5O5PS. The number of nitrogens with zero attached hydrogens (tertiary/aromatic N) is 4. The first-order valence-electron chi connectivity index (χ1n) is 16.6. The van der Waals surface area contributed by atoms with Gasteiger partial charge in [0.1, 0.15) is 5.75 Å². The molecule has 262 valence electrons. The minimum Gasteiger partial charge on any atom is -0.469 e. The van der Waals surface area contributed by atoms with Crippen LogP contribution in [0.1, 0.15) is 28.7 Å². The third-order valence-electron chi connectivity index (χ3n) is 8.89. The molecule has 12 heteroatoms. The summed E-state index contributed by atoms with van der Waals surface area (Å²) in [4.78, 5) is 31.5. The fourth-order valence-electron chi connectivity index (χ4n) is 6.35. The highest BCUT2D eigenvalue weighted by Gasteiger charge is 2.37. The van der Waals surface area contributed by atoms with Crippen LogP contribution in [0.25, 0.3) is 44.9 Å². The Bertz CT molecular complexity index is 2540. The van der Waals surface area contributed by atoms with Gasteiger partial charge in [0.05, 0.1) is 52.6 Å². The molecular weight excluding hydrogens is 694 g/mol. The Morgan fingerprint density at radius 1 is 0.904 bits per heavy atom. The predicted octanol–water partition coefficient (Wildman–Crippen LogP) is 8.69. The number of benzene rings is 4. The molecule has 7 rings (SSSR count). The first-order chi connectivity index (χ1) is 25.2. The van der Waals surface area contributed by atoms with Crippen molar-refractivity contribution in [1.82, 2.24) is 24.4 Å². The second-order valence-corrected chi connectivity index (χ2v) is 15.6. The predicted molar refractivity (Wildman–Crippen MR) is 207 cm³/mol. The van der Waals surface area contributed by atoms with Crippen molar-refractivity contribution in [3.05, 3.63) is 126 Å². The van der Waals surface area contributed by atoms with Crippen LogP contribution in [0.15, 0.2) is 119 Å². The number of aromatic nitrogens is 4. The van der Waals surface area contributed by atoms with Crippen LogP contribution in [0.3, 0.4) is 0 Å². The van der Waals surface area contributed by atoms with Crippen LogP contribution in [0.5, 0.6) is 5.75 Å². The SMILES string of the molecule is CNC(=O)c1ccccc1Sc1ccc2c(/C=C/c3ccccn3)nn(P(=O)(C[C@@H](C)C(=O)OC)Oc3cccc4c3c3ccccc3n4C)c2c1. The molecule has 0 radical (unpaired) electrons. The van der Waals surface area contributed by atoms with E-state index in [0.29, 0.717) is 27.9 Å². The van der Waals surface area contributed by atoms with Gasteiger partial charge in [-0.05, 0) is 72.8 Å². The van der Waals surface area contributed by atoms with Crippen LogP contribution in [0.2, 0.25) is 0 Å². The van der Waals surface area contributed by atoms with Gasteiger partial charge >= 0.3 is 13.5 Å². The zero-order valence-corrected chi connectivity index (χ0v) is 30.7. The van der Waals surface area contributed by atoms with Gasteiger partial charge in [-0.15, -0.1) is 0 Å². The van der Waals surface area contributed by atoms with Crippen molar-refractivity contribution in [1.29, 1.82) is 0 Å². The fraction of sp³-hybridized carbons (Fsp3) is 0.150. The lowest BCUT2D eigenvalue weighted by atomic mass is 10.1. The monoisotopic (exact) mass is 729 g/mol. The molecule has 4 aromatic carbocycles. The number of esters is 1. The van der Waals surface area contributed by atoms with E-state index in [9.17, 15) is 9.59 Å². The van der Waals surface area contributed by atoms with Gasteiger partial charge in [-0.25, -0.2) is 0 Å². The summed E-state index contributed by atoms with van der Waals surface area (Å²) in [6, 6.07) is 32.4. The zero-order chi connectivity index (χ0) is 36.4. The van der Waals surface area contributed by atoms with Crippen molar-refractivity contribution in [2.45, 2.75) is 16.7 Å². The molecule has 0 aliphatic carbocycles. The molecule has 10 nitrogen and oxygen atoms in total. The molecule has 1 amide bonds. The number of pyridine rings is 1. The third kappa shape index (κ3) is 6.61. The Balaban J connectivity index is 1.43. The lowest BCUT2D eigenvalue weighted by Gasteiger charge is -2.23. The summed E-state index contributed by atoms with van der Waals surface area (Å²) in [5, 5.41) is 10.1. The van der Waals surface area contributed by atoms with Gasteiger partial charge < -0.3 is 19.1 Å². The molecule has 7 aromatic rings. The molecule has 1 N–H and O–H groups in total. The lowest BCUT2D eigenvalue weighted by Crippen LogP contribution is -2.21. The number of carbonyl (C=O) groups excluding carboxylic acids is 2. The molecule has 1 unspecified atom stereocenters. The van der Waals surface area contributed by atoms with Crippen LogP contribution in [0.4, 0.5) is 0 Å². The fourth-order valence-corrected chi connectivity index (χ4v) is 9.66. The van der Waals surface area contributed by atoms with Crippen molar-refractivity contribution < 1.29 is 23.4 Å². The summed E-state index contributed by atoms with van der Waals surface area (Å²) in [7, 11) is 0.820. The minimum atomic E-state index is -4.07. The van der Waals surface area contributed by atoms with E-state index in [1.54, 1.807) is 32.3 Å². The number of methoxy groups -OCH3 is 1. The molecule has 0 aliphatic rings. The van der Waals surface area contributed by atoms with Crippen LogP contribution >= 0.6 is 19.3 Å². The van der Waals surface area contributed by atoms with Gasteiger partial charge in [0.2, 0.25) is 0 Å². The maximum absolute atomic E-state index is 15.7. The zero-order valence-electron chi connectivity index (χ0n) is 29.0. The van der Waals surface area contributed by atoms with Crippen molar-refractivity contribution in [3.63, 3.8) is 0 Å². The molecule has 0 fully saturated rings. The molecule has 0 saturated carbocycles. The number of ether oxygens (including phenoxy) is 1. The Morgan fingerprint density at radius 2 is 1.67 bits per heavy atom. The summed E-state index contributed by atoms with van der Waals surface area (Å²) in [5.74, 6) is -1.09. The number of rotatable bonds is 11. The van der Waals surface area contributed by atoms with Gasteiger partial charge in [0, 0.05) is 46.4 Å². The molecule has 0 bridgehead atoms. The molecule has 52 heavy (non-hydrogen) atoms. The molecule has 3 aromatic heterocycles. The number of fused-ring (bicyclic) bond motifs is 4. The van der Waals surface area contributed by atoms with Crippen LogP contribution < -0.4 is 9.84 Å². The molecule has 2 atom stereocenters. The van der Waals surface area contributed by atoms with Gasteiger partial charge in [-0.1, -0.05) is 61.2 Å². The van der Waals surface area contributed by atoms with E-state index >= 15 is 4.57 Å². The maximum atomic E-state index is 15.7. The average molecular weight is 730 g/mol. The first-order valence-corrected chi connectivity index (χ1v) is 19.2. The second-order valence-electron chi connectivity index (χ2n) is 12.3. The number of aryl methyl sites for hydroxylation is 1. The van der Waals surface area contributed by atoms with E-state index in [-0.39, 0.29) is 12.1 Å². The minimum absolute atomic E-state index is 0.183. The average Bonchev–Trinajstić information content (AvgIpc) is 3.69. The summed E-state index contributed by atoms with van der Waals surface area (Å²) >= 11 is 1.41. The molecule has 0 aliphatic heterocycles. The second kappa shape index (κ2) is 14.5. The highest BCUT2D eigenvalue weighted by molar-refractivity contribution is 7.99. The summed E-state index contributed by atoms with van der Waals surface area (Å²) in [6.07, 6.45) is 5.20. The highest BCUT2D eigenvalue weighted by Crippen LogP contribution is 2.54. The normalized spacial score (nSPS) is 13.4. The first kappa shape index (κ1) is 34.8. The largest absolute Gasteiger partial charge is 0.469 e. The smallest absolute Gasteiger partial charge is 0.364 e. The number of para-hydroxylation sites is 1. The van der Waals surface area contributed by atoms with E-state index in [1.807, 2.05) is 110 Å². The quantitative estimate of drug-likeness (QED) is 0.104. The number of amides is 1. The van der Waals surface area contributed by atoms with Crippen LogP contribution in [-0.2, 0) is 21.1 Å². The molecule has 0 saturated heterocycles. The summed E-state index contributed by atoms with van der Waals surface area (Å²) < 4.78 is 31.1. The number of nitrogens with one attached hydrogen (secondary N) is 1.